The first-order valence-electron chi connectivity index (χ1n) is 6.84. The summed E-state index contributed by atoms with van der Waals surface area (Å²) in [6.45, 7) is 6.06. The van der Waals surface area contributed by atoms with Crippen LogP contribution in [0.5, 0.6) is 5.75 Å². The standard InChI is InChI=1S/C16H19NO3S/c1-4-19-16(18)14-13(9-21-15(14)17)11-5-7-12(8-6-11)20-10(2)3/h5-10H,4,17H2,1-3H3. The molecule has 1 aromatic heterocycles. The van der Waals surface area contributed by atoms with Crippen LogP contribution in [0.25, 0.3) is 11.1 Å². The van der Waals surface area contributed by atoms with Crippen LogP contribution in [0.4, 0.5) is 5.00 Å². The summed E-state index contributed by atoms with van der Waals surface area (Å²) in [6, 6.07) is 7.61. The maximum absolute atomic E-state index is 12.0. The molecular weight excluding hydrogens is 286 g/mol. The molecule has 0 bridgehead atoms. The average molecular weight is 305 g/mol. The SMILES string of the molecule is CCOC(=O)c1c(-c2ccc(OC(C)C)cc2)csc1N. The minimum atomic E-state index is -0.381. The van der Waals surface area contributed by atoms with E-state index in [-0.39, 0.29) is 12.1 Å². The van der Waals surface area contributed by atoms with Crippen molar-refractivity contribution in [1.29, 1.82) is 0 Å². The smallest absolute Gasteiger partial charge is 0.341 e. The summed E-state index contributed by atoms with van der Waals surface area (Å²) in [6.07, 6.45) is 0.128. The summed E-state index contributed by atoms with van der Waals surface area (Å²) in [5, 5.41) is 2.35. The molecule has 0 saturated carbocycles. The summed E-state index contributed by atoms with van der Waals surface area (Å²) in [5.74, 6) is 0.420. The molecule has 0 unspecified atom stereocenters. The maximum Gasteiger partial charge on any atom is 0.341 e. The van der Waals surface area contributed by atoms with E-state index in [1.54, 1.807) is 6.92 Å². The quantitative estimate of drug-likeness (QED) is 0.849. The van der Waals surface area contributed by atoms with Crippen LogP contribution in [-0.4, -0.2) is 18.7 Å². The van der Waals surface area contributed by atoms with Crippen molar-refractivity contribution in [2.24, 2.45) is 0 Å². The van der Waals surface area contributed by atoms with Gasteiger partial charge in [0.15, 0.2) is 0 Å². The highest BCUT2D eigenvalue weighted by molar-refractivity contribution is 7.14. The van der Waals surface area contributed by atoms with Crippen molar-refractivity contribution in [3.8, 4) is 16.9 Å². The molecule has 21 heavy (non-hydrogen) atoms. The Bertz CT molecular complexity index is 617. The summed E-state index contributed by atoms with van der Waals surface area (Å²) < 4.78 is 10.7. The molecule has 0 amide bonds. The number of hydrogen-bond acceptors (Lipinski definition) is 5. The third kappa shape index (κ3) is 3.55. The number of ether oxygens (including phenoxy) is 2. The Kier molecular flexibility index (Phi) is 4.85. The Labute approximate surface area is 128 Å². The summed E-state index contributed by atoms with van der Waals surface area (Å²) in [7, 11) is 0. The molecule has 0 aliphatic heterocycles. The predicted octanol–water partition coefficient (Wildman–Crippen LogP) is 3.96. The molecule has 1 heterocycles. The van der Waals surface area contributed by atoms with E-state index in [0.717, 1.165) is 16.9 Å². The van der Waals surface area contributed by atoms with Crippen molar-refractivity contribution in [3.05, 3.63) is 35.2 Å². The highest BCUT2D eigenvalue weighted by Crippen LogP contribution is 2.34. The number of carbonyl (C=O) groups excluding carboxylic acids is 1. The van der Waals surface area contributed by atoms with Gasteiger partial charge < -0.3 is 15.2 Å². The van der Waals surface area contributed by atoms with Crippen LogP contribution in [0.3, 0.4) is 0 Å². The van der Waals surface area contributed by atoms with Crippen molar-refractivity contribution < 1.29 is 14.3 Å². The highest BCUT2D eigenvalue weighted by atomic mass is 32.1. The lowest BCUT2D eigenvalue weighted by molar-refractivity contribution is 0.0529. The molecule has 1 aromatic carbocycles. The summed E-state index contributed by atoms with van der Waals surface area (Å²) in [4.78, 5) is 12.0. The lowest BCUT2D eigenvalue weighted by Crippen LogP contribution is -2.07. The molecule has 2 N–H and O–H groups in total. The highest BCUT2D eigenvalue weighted by Gasteiger charge is 2.19. The Hall–Kier alpha value is -2.01. The van der Waals surface area contributed by atoms with Gasteiger partial charge in [0.2, 0.25) is 0 Å². The zero-order valence-corrected chi connectivity index (χ0v) is 13.2. The van der Waals surface area contributed by atoms with Crippen LogP contribution in [0, 0.1) is 0 Å². The number of hydrogen-bond donors (Lipinski definition) is 1. The van der Waals surface area contributed by atoms with Crippen LogP contribution in [0.15, 0.2) is 29.6 Å². The molecule has 0 atom stereocenters. The molecule has 2 aromatic rings. The molecule has 0 aliphatic carbocycles. The van der Waals surface area contributed by atoms with E-state index in [9.17, 15) is 4.79 Å². The van der Waals surface area contributed by atoms with Crippen molar-refractivity contribution in [2.75, 3.05) is 12.3 Å². The first-order valence-corrected chi connectivity index (χ1v) is 7.72. The third-order valence-corrected chi connectivity index (χ3v) is 3.65. The summed E-state index contributed by atoms with van der Waals surface area (Å²) in [5.41, 5.74) is 8.06. The second-order valence-electron chi connectivity index (χ2n) is 4.80. The van der Waals surface area contributed by atoms with Gasteiger partial charge in [0.25, 0.3) is 0 Å². The molecule has 0 spiro atoms. The maximum atomic E-state index is 12.0. The van der Waals surface area contributed by atoms with Crippen molar-refractivity contribution in [3.63, 3.8) is 0 Å². The lowest BCUT2D eigenvalue weighted by atomic mass is 10.0. The van der Waals surface area contributed by atoms with E-state index in [2.05, 4.69) is 0 Å². The van der Waals surface area contributed by atoms with Crippen LogP contribution >= 0.6 is 11.3 Å². The number of nitrogens with two attached hydrogens (primary N) is 1. The van der Waals surface area contributed by atoms with Gasteiger partial charge in [-0.15, -0.1) is 11.3 Å². The molecule has 0 aliphatic rings. The van der Waals surface area contributed by atoms with E-state index in [1.165, 1.54) is 11.3 Å². The predicted molar refractivity (Wildman–Crippen MR) is 85.9 cm³/mol. The second-order valence-corrected chi connectivity index (χ2v) is 5.71. The van der Waals surface area contributed by atoms with Gasteiger partial charge in [0.05, 0.1) is 12.7 Å². The Morgan fingerprint density at radius 2 is 1.95 bits per heavy atom. The Morgan fingerprint density at radius 1 is 1.29 bits per heavy atom. The molecule has 4 nitrogen and oxygen atoms in total. The van der Waals surface area contributed by atoms with Crippen LogP contribution in [0.2, 0.25) is 0 Å². The molecule has 0 saturated heterocycles. The van der Waals surface area contributed by atoms with Crippen LogP contribution < -0.4 is 10.5 Å². The van der Waals surface area contributed by atoms with Crippen LogP contribution in [-0.2, 0) is 4.74 Å². The number of benzene rings is 1. The van der Waals surface area contributed by atoms with Gasteiger partial charge in [-0.2, -0.15) is 0 Å². The van der Waals surface area contributed by atoms with Gasteiger partial charge >= 0.3 is 5.97 Å². The molecule has 0 fully saturated rings. The van der Waals surface area contributed by atoms with E-state index in [0.29, 0.717) is 17.2 Å². The largest absolute Gasteiger partial charge is 0.491 e. The minimum absolute atomic E-state index is 0.128. The van der Waals surface area contributed by atoms with Crippen molar-refractivity contribution >= 4 is 22.3 Å². The van der Waals surface area contributed by atoms with E-state index >= 15 is 0 Å². The number of nitrogen functional groups attached to an aromatic ring is 1. The number of anilines is 1. The fraction of sp³-hybridized carbons (Fsp3) is 0.312. The van der Waals surface area contributed by atoms with Gasteiger partial charge in [0, 0.05) is 10.9 Å². The van der Waals surface area contributed by atoms with Crippen molar-refractivity contribution in [2.45, 2.75) is 26.9 Å². The third-order valence-electron chi connectivity index (χ3n) is 2.84. The normalized spacial score (nSPS) is 10.7. The number of carbonyl (C=O) groups is 1. The molecule has 0 radical (unpaired) electrons. The van der Waals surface area contributed by atoms with E-state index < -0.39 is 0 Å². The zero-order chi connectivity index (χ0) is 15.4. The van der Waals surface area contributed by atoms with E-state index in [4.69, 9.17) is 15.2 Å². The molecule has 5 heteroatoms. The molecule has 2 rings (SSSR count). The monoisotopic (exact) mass is 305 g/mol. The second kappa shape index (κ2) is 6.63. The van der Waals surface area contributed by atoms with Gasteiger partial charge in [0.1, 0.15) is 16.3 Å². The molecule has 112 valence electrons. The summed E-state index contributed by atoms with van der Waals surface area (Å²) >= 11 is 1.34. The van der Waals surface area contributed by atoms with Gasteiger partial charge in [-0.3, -0.25) is 0 Å². The number of thiophene rings is 1. The van der Waals surface area contributed by atoms with Gasteiger partial charge in [-0.25, -0.2) is 4.79 Å². The first kappa shape index (κ1) is 15.4. The molecular formula is C16H19NO3S. The minimum Gasteiger partial charge on any atom is -0.491 e. The Morgan fingerprint density at radius 3 is 2.52 bits per heavy atom. The fourth-order valence-corrected chi connectivity index (χ4v) is 2.79. The van der Waals surface area contributed by atoms with Crippen LogP contribution in [0.1, 0.15) is 31.1 Å². The number of esters is 1. The first-order chi connectivity index (χ1) is 10.0. The van der Waals surface area contributed by atoms with Gasteiger partial charge in [-0.1, -0.05) is 12.1 Å². The van der Waals surface area contributed by atoms with Crippen molar-refractivity contribution in [1.82, 2.24) is 0 Å². The Balaban J connectivity index is 2.32. The zero-order valence-electron chi connectivity index (χ0n) is 12.4. The fourth-order valence-electron chi connectivity index (χ4n) is 1.98. The number of rotatable bonds is 5. The topological polar surface area (TPSA) is 61.5 Å². The van der Waals surface area contributed by atoms with E-state index in [1.807, 2.05) is 43.5 Å². The average Bonchev–Trinajstić information content (AvgIpc) is 2.81. The lowest BCUT2D eigenvalue weighted by Gasteiger charge is -2.10. The van der Waals surface area contributed by atoms with Gasteiger partial charge in [-0.05, 0) is 38.5 Å².